The third-order valence-corrected chi connectivity index (χ3v) is 5.52. The van der Waals surface area contributed by atoms with Crippen LogP contribution in [-0.2, 0) is 23.4 Å². The van der Waals surface area contributed by atoms with Crippen molar-refractivity contribution in [2.24, 2.45) is 0 Å². The quantitative estimate of drug-likeness (QED) is 0.375. The van der Waals surface area contributed by atoms with E-state index in [9.17, 15) is 4.79 Å². The average Bonchev–Trinajstić information content (AvgIpc) is 3.13. The van der Waals surface area contributed by atoms with Crippen LogP contribution in [0.1, 0.15) is 32.2 Å². The maximum Gasteiger partial charge on any atom is 0.234 e. The summed E-state index contributed by atoms with van der Waals surface area (Å²) in [5.74, 6) is 1.59. The zero-order chi connectivity index (χ0) is 22.3. The van der Waals surface area contributed by atoms with Crippen LogP contribution in [0.25, 0.3) is 0 Å². The third kappa shape index (κ3) is 6.21. The van der Waals surface area contributed by atoms with Crippen molar-refractivity contribution in [1.82, 2.24) is 14.8 Å². The highest BCUT2D eigenvalue weighted by Gasteiger charge is 2.19. The standard InChI is InChI=1S/C24H28N4O2S/c1-5-15-28-21(16-30-18-11-7-6-8-12-18)26-27-23(28)31-17-22(29)25-20-14-10-9-13-19(20)24(2,3)4/h5-14H,1,15-17H2,2-4H3,(H,25,29). The zero-order valence-corrected chi connectivity index (χ0v) is 19.0. The summed E-state index contributed by atoms with van der Waals surface area (Å²) in [6.45, 7) is 11.0. The molecule has 1 amide bonds. The molecule has 0 aliphatic carbocycles. The number of nitrogens with one attached hydrogen (secondary N) is 1. The first-order valence-electron chi connectivity index (χ1n) is 10.1. The number of hydrogen-bond donors (Lipinski definition) is 1. The largest absolute Gasteiger partial charge is 0.486 e. The van der Waals surface area contributed by atoms with Gasteiger partial charge in [0.25, 0.3) is 0 Å². The highest BCUT2D eigenvalue weighted by molar-refractivity contribution is 7.99. The van der Waals surface area contributed by atoms with Crippen molar-refractivity contribution in [3.63, 3.8) is 0 Å². The van der Waals surface area contributed by atoms with Gasteiger partial charge in [0.05, 0.1) is 5.75 Å². The fourth-order valence-electron chi connectivity index (χ4n) is 3.07. The van der Waals surface area contributed by atoms with Gasteiger partial charge in [-0.3, -0.25) is 9.36 Å². The van der Waals surface area contributed by atoms with Crippen LogP contribution in [0.4, 0.5) is 5.69 Å². The number of aromatic nitrogens is 3. The number of carbonyl (C=O) groups is 1. The second-order valence-electron chi connectivity index (χ2n) is 8.03. The molecular formula is C24H28N4O2S. The minimum absolute atomic E-state index is 0.0607. The molecule has 2 aromatic carbocycles. The summed E-state index contributed by atoms with van der Waals surface area (Å²) in [6.07, 6.45) is 1.78. The number of benzene rings is 2. The second-order valence-corrected chi connectivity index (χ2v) is 8.97. The number of thioether (sulfide) groups is 1. The van der Waals surface area contributed by atoms with Crippen LogP contribution in [0.2, 0.25) is 0 Å². The Morgan fingerprint density at radius 1 is 1.13 bits per heavy atom. The monoisotopic (exact) mass is 436 g/mol. The Morgan fingerprint density at radius 2 is 1.84 bits per heavy atom. The zero-order valence-electron chi connectivity index (χ0n) is 18.2. The number of carbonyl (C=O) groups excluding carboxylic acids is 1. The highest BCUT2D eigenvalue weighted by Crippen LogP contribution is 2.29. The lowest BCUT2D eigenvalue weighted by atomic mass is 9.86. The van der Waals surface area contributed by atoms with Gasteiger partial charge in [-0.15, -0.1) is 16.8 Å². The molecule has 0 spiro atoms. The molecule has 0 saturated carbocycles. The fraction of sp³-hybridized carbons (Fsp3) is 0.292. The van der Waals surface area contributed by atoms with Gasteiger partial charge in [-0.2, -0.15) is 0 Å². The molecule has 3 aromatic rings. The number of ether oxygens (including phenoxy) is 1. The molecule has 3 rings (SSSR count). The van der Waals surface area contributed by atoms with E-state index < -0.39 is 0 Å². The van der Waals surface area contributed by atoms with Gasteiger partial charge in [0.2, 0.25) is 5.91 Å². The lowest BCUT2D eigenvalue weighted by Crippen LogP contribution is -2.20. The van der Waals surface area contributed by atoms with Crippen molar-refractivity contribution in [3.8, 4) is 5.75 Å². The van der Waals surface area contributed by atoms with Gasteiger partial charge in [0.1, 0.15) is 12.4 Å². The lowest BCUT2D eigenvalue weighted by molar-refractivity contribution is -0.113. The van der Waals surface area contributed by atoms with Gasteiger partial charge in [-0.1, -0.05) is 75.0 Å². The molecule has 6 nitrogen and oxygen atoms in total. The predicted octanol–water partition coefficient (Wildman–Crippen LogP) is 5.07. The van der Waals surface area contributed by atoms with E-state index in [2.05, 4.69) is 42.9 Å². The number of amides is 1. The Balaban J connectivity index is 1.64. The van der Waals surface area contributed by atoms with E-state index in [4.69, 9.17) is 4.74 Å². The molecule has 0 saturated heterocycles. The van der Waals surface area contributed by atoms with Crippen LogP contribution in [0, 0.1) is 0 Å². The number of anilines is 1. The Hall–Kier alpha value is -3.06. The van der Waals surface area contributed by atoms with Gasteiger partial charge in [-0.25, -0.2) is 0 Å². The highest BCUT2D eigenvalue weighted by atomic mass is 32.2. The minimum Gasteiger partial charge on any atom is -0.486 e. The smallest absolute Gasteiger partial charge is 0.234 e. The number of nitrogens with zero attached hydrogens (tertiary/aromatic N) is 3. The summed E-state index contributed by atoms with van der Waals surface area (Å²) >= 11 is 1.34. The van der Waals surface area contributed by atoms with Crippen LogP contribution in [0.3, 0.4) is 0 Å². The average molecular weight is 437 g/mol. The molecule has 1 heterocycles. The van der Waals surface area contributed by atoms with Crippen molar-refractivity contribution < 1.29 is 9.53 Å². The molecule has 31 heavy (non-hydrogen) atoms. The summed E-state index contributed by atoms with van der Waals surface area (Å²) in [5.41, 5.74) is 1.88. The second kappa shape index (κ2) is 10.3. The Bertz CT molecular complexity index is 1030. The molecule has 0 bridgehead atoms. The maximum absolute atomic E-state index is 12.6. The summed E-state index contributed by atoms with van der Waals surface area (Å²) in [4.78, 5) is 12.6. The molecule has 1 aromatic heterocycles. The fourth-order valence-corrected chi connectivity index (χ4v) is 3.84. The summed E-state index contributed by atoms with van der Waals surface area (Å²) in [6, 6.07) is 17.5. The van der Waals surface area contributed by atoms with Gasteiger partial charge in [0.15, 0.2) is 11.0 Å². The van der Waals surface area contributed by atoms with E-state index >= 15 is 0 Å². The van der Waals surface area contributed by atoms with Gasteiger partial charge in [0, 0.05) is 12.2 Å². The van der Waals surface area contributed by atoms with E-state index in [0.29, 0.717) is 17.5 Å². The van der Waals surface area contributed by atoms with Crippen LogP contribution < -0.4 is 10.1 Å². The molecule has 0 aliphatic heterocycles. The molecule has 0 fully saturated rings. The van der Waals surface area contributed by atoms with Crippen molar-refractivity contribution in [1.29, 1.82) is 0 Å². The number of rotatable bonds is 9. The number of para-hydroxylation sites is 2. The molecule has 1 N–H and O–H groups in total. The van der Waals surface area contributed by atoms with E-state index in [-0.39, 0.29) is 23.7 Å². The van der Waals surface area contributed by atoms with Crippen molar-refractivity contribution in [2.45, 2.75) is 44.5 Å². The molecular weight excluding hydrogens is 408 g/mol. The molecule has 162 valence electrons. The summed E-state index contributed by atoms with van der Waals surface area (Å²) in [7, 11) is 0. The molecule has 7 heteroatoms. The van der Waals surface area contributed by atoms with Crippen molar-refractivity contribution in [3.05, 3.63) is 78.6 Å². The SMILES string of the molecule is C=CCn1c(COc2ccccc2)nnc1SCC(=O)Nc1ccccc1C(C)(C)C. The number of hydrogen-bond acceptors (Lipinski definition) is 5. The first-order valence-corrected chi connectivity index (χ1v) is 11.1. The van der Waals surface area contributed by atoms with Crippen molar-refractivity contribution >= 4 is 23.4 Å². The van der Waals surface area contributed by atoms with Gasteiger partial charge >= 0.3 is 0 Å². The Kier molecular flexibility index (Phi) is 7.52. The number of allylic oxidation sites excluding steroid dienone is 1. The van der Waals surface area contributed by atoms with Crippen LogP contribution in [0.15, 0.2) is 72.4 Å². The molecule has 0 unspecified atom stereocenters. The van der Waals surface area contributed by atoms with E-state index in [1.54, 1.807) is 6.08 Å². The molecule has 0 atom stereocenters. The first-order chi connectivity index (χ1) is 14.9. The van der Waals surface area contributed by atoms with E-state index in [0.717, 1.165) is 17.0 Å². The summed E-state index contributed by atoms with van der Waals surface area (Å²) in [5, 5.41) is 12.2. The van der Waals surface area contributed by atoms with Gasteiger partial charge in [-0.05, 0) is 29.2 Å². The van der Waals surface area contributed by atoms with E-state index in [1.165, 1.54) is 11.8 Å². The predicted molar refractivity (Wildman–Crippen MR) is 125 cm³/mol. The Labute approximate surface area is 187 Å². The Morgan fingerprint density at radius 3 is 2.55 bits per heavy atom. The van der Waals surface area contributed by atoms with Gasteiger partial charge < -0.3 is 10.1 Å². The lowest BCUT2D eigenvalue weighted by Gasteiger charge is -2.22. The topological polar surface area (TPSA) is 69.0 Å². The first kappa shape index (κ1) is 22.6. The normalized spacial score (nSPS) is 11.2. The minimum atomic E-state index is -0.0862. The van der Waals surface area contributed by atoms with Crippen LogP contribution in [-0.4, -0.2) is 26.4 Å². The summed E-state index contributed by atoms with van der Waals surface area (Å²) < 4.78 is 7.71. The third-order valence-electron chi connectivity index (χ3n) is 4.56. The molecule has 0 aliphatic rings. The van der Waals surface area contributed by atoms with Crippen LogP contribution >= 0.6 is 11.8 Å². The maximum atomic E-state index is 12.6. The molecule has 0 radical (unpaired) electrons. The van der Waals surface area contributed by atoms with Crippen LogP contribution in [0.5, 0.6) is 5.75 Å². The van der Waals surface area contributed by atoms with Crippen molar-refractivity contribution in [2.75, 3.05) is 11.1 Å². The van der Waals surface area contributed by atoms with E-state index in [1.807, 2.05) is 59.2 Å².